The van der Waals surface area contributed by atoms with Crippen molar-refractivity contribution in [1.29, 1.82) is 0 Å². The van der Waals surface area contributed by atoms with Crippen LogP contribution < -0.4 is 10.2 Å². The van der Waals surface area contributed by atoms with Crippen molar-refractivity contribution in [3.63, 3.8) is 0 Å². The van der Waals surface area contributed by atoms with Gasteiger partial charge in [0.15, 0.2) is 11.6 Å². The van der Waals surface area contributed by atoms with E-state index in [1.165, 1.54) is 0 Å². The Morgan fingerprint density at radius 1 is 1.11 bits per heavy atom. The smallest absolute Gasteiger partial charge is 0.227 e. The van der Waals surface area contributed by atoms with Gasteiger partial charge in [0.25, 0.3) is 0 Å². The Kier molecular flexibility index (Phi) is 5.50. The summed E-state index contributed by atoms with van der Waals surface area (Å²) in [6.07, 6.45) is 3.08. The summed E-state index contributed by atoms with van der Waals surface area (Å²) in [6, 6.07) is 12.5. The molecule has 28 heavy (non-hydrogen) atoms. The van der Waals surface area contributed by atoms with E-state index < -0.39 is 0 Å². The van der Waals surface area contributed by atoms with Crippen LogP contribution in [0, 0.1) is 5.92 Å². The van der Waals surface area contributed by atoms with Gasteiger partial charge in [0, 0.05) is 24.0 Å². The maximum Gasteiger partial charge on any atom is 0.227 e. The Hall–Kier alpha value is -2.57. The maximum absolute atomic E-state index is 12.6. The summed E-state index contributed by atoms with van der Waals surface area (Å²) < 4.78 is 5.33. The lowest BCUT2D eigenvalue weighted by atomic mass is 9.96. The van der Waals surface area contributed by atoms with Crippen LogP contribution in [-0.4, -0.2) is 29.2 Å². The van der Waals surface area contributed by atoms with E-state index in [9.17, 15) is 4.79 Å². The first-order valence-corrected chi connectivity index (χ1v) is 9.74. The van der Waals surface area contributed by atoms with Gasteiger partial charge in [-0.25, -0.2) is 0 Å². The minimum Gasteiger partial charge on any atom is -0.463 e. The molecule has 1 aliphatic heterocycles. The van der Waals surface area contributed by atoms with E-state index in [4.69, 9.17) is 27.6 Å². The molecule has 1 saturated heterocycles. The van der Waals surface area contributed by atoms with Gasteiger partial charge < -0.3 is 14.6 Å². The van der Waals surface area contributed by atoms with E-state index in [1.807, 2.05) is 24.3 Å². The summed E-state index contributed by atoms with van der Waals surface area (Å²) in [7, 11) is 0. The molecule has 144 valence electrons. The van der Waals surface area contributed by atoms with E-state index in [0.717, 1.165) is 31.7 Å². The van der Waals surface area contributed by atoms with Gasteiger partial charge in [-0.2, -0.15) is 0 Å². The van der Waals surface area contributed by atoms with E-state index in [1.54, 1.807) is 24.5 Å². The number of benzene rings is 1. The monoisotopic (exact) mass is 416 g/mol. The Labute approximate surface area is 172 Å². The zero-order chi connectivity index (χ0) is 19.5. The quantitative estimate of drug-likeness (QED) is 0.654. The minimum absolute atomic E-state index is 0.0249. The SMILES string of the molecule is O=C(Nc1ccc(Cl)cc1Cl)C1CCN(c2ccc(-c3ccco3)nn2)CC1. The summed E-state index contributed by atoms with van der Waals surface area (Å²) >= 11 is 12.0. The van der Waals surface area contributed by atoms with Crippen LogP contribution in [0.3, 0.4) is 0 Å². The van der Waals surface area contributed by atoms with Crippen LogP contribution in [0.4, 0.5) is 11.5 Å². The lowest BCUT2D eigenvalue weighted by molar-refractivity contribution is -0.120. The van der Waals surface area contributed by atoms with Crippen LogP contribution in [-0.2, 0) is 4.79 Å². The molecule has 0 bridgehead atoms. The highest BCUT2D eigenvalue weighted by molar-refractivity contribution is 6.36. The van der Waals surface area contributed by atoms with Crippen LogP contribution in [0.25, 0.3) is 11.5 Å². The van der Waals surface area contributed by atoms with Crippen molar-refractivity contribution < 1.29 is 9.21 Å². The third-order valence-electron chi connectivity index (χ3n) is 4.80. The number of hydrogen-bond acceptors (Lipinski definition) is 5. The number of furan rings is 1. The third kappa shape index (κ3) is 4.13. The molecule has 0 radical (unpaired) electrons. The van der Waals surface area contributed by atoms with Crippen molar-refractivity contribution in [3.8, 4) is 11.5 Å². The van der Waals surface area contributed by atoms with Crippen LogP contribution in [0.2, 0.25) is 10.0 Å². The molecule has 6 nitrogen and oxygen atoms in total. The van der Waals surface area contributed by atoms with Gasteiger partial charge in [-0.1, -0.05) is 23.2 Å². The second kappa shape index (κ2) is 8.20. The molecule has 0 aliphatic carbocycles. The number of carbonyl (C=O) groups excluding carboxylic acids is 1. The molecular formula is C20H18Cl2N4O2. The van der Waals surface area contributed by atoms with Gasteiger partial charge in [0.2, 0.25) is 5.91 Å². The second-order valence-electron chi connectivity index (χ2n) is 6.63. The molecule has 4 rings (SSSR count). The number of amides is 1. The number of carbonyl (C=O) groups is 1. The number of hydrogen-bond donors (Lipinski definition) is 1. The lowest BCUT2D eigenvalue weighted by Crippen LogP contribution is -2.38. The first kappa shape index (κ1) is 18.8. The molecule has 1 amide bonds. The van der Waals surface area contributed by atoms with Crippen molar-refractivity contribution in [3.05, 3.63) is 58.8 Å². The number of anilines is 2. The summed E-state index contributed by atoms with van der Waals surface area (Å²) in [5.74, 6) is 1.40. The number of halogens is 2. The Morgan fingerprint density at radius 3 is 2.57 bits per heavy atom. The third-order valence-corrected chi connectivity index (χ3v) is 5.35. The van der Waals surface area contributed by atoms with Gasteiger partial charge in [-0.05, 0) is 55.3 Å². The van der Waals surface area contributed by atoms with E-state index in [2.05, 4.69) is 20.4 Å². The van der Waals surface area contributed by atoms with Gasteiger partial charge in [-0.15, -0.1) is 10.2 Å². The lowest BCUT2D eigenvalue weighted by Gasteiger charge is -2.31. The average molecular weight is 417 g/mol. The predicted octanol–water partition coefficient (Wildman–Crippen LogP) is 4.90. The van der Waals surface area contributed by atoms with E-state index >= 15 is 0 Å². The van der Waals surface area contributed by atoms with Crippen molar-refractivity contribution >= 4 is 40.6 Å². The van der Waals surface area contributed by atoms with Gasteiger partial charge >= 0.3 is 0 Å². The van der Waals surface area contributed by atoms with Crippen LogP contribution in [0.1, 0.15) is 12.8 Å². The van der Waals surface area contributed by atoms with Crippen molar-refractivity contribution in [2.45, 2.75) is 12.8 Å². The molecule has 3 heterocycles. The second-order valence-corrected chi connectivity index (χ2v) is 7.47. The van der Waals surface area contributed by atoms with Crippen molar-refractivity contribution in [2.24, 2.45) is 5.92 Å². The topological polar surface area (TPSA) is 71.3 Å². The fourth-order valence-corrected chi connectivity index (χ4v) is 3.70. The summed E-state index contributed by atoms with van der Waals surface area (Å²) in [5, 5.41) is 12.4. The van der Waals surface area contributed by atoms with Gasteiger partial charge in [0.05, 0.1) is 17.0 Å². The van der Waals surface area contributed by atoms with Gasteiger partial charge in [0.1, 0.15) is 5.69 Å². The molecule has 2 aromatic heterocycles. The van der Waals surface area contributed by atoms with Crippen LogP contribution >= 0.6 is 23.2 Å². The first-order valence-electron chi connectivity index (χ1n) is 8.98. The zero-order valence-electron chi connectivity index (χ0n) is 14.9. The standard InChI is InChI=1S/C20H18Cl2N4O2/c21-14-3-4-16(15(22)12-14)23-20(27)13-7-9-26(10-8-13)19-6-5-17(24-25-19)18-2-1-11-28-18/h1-6,11-13H,7-10H2,(H,23,27). The Morgan fingerprint density at radius 2 is 1.93 bits per heavy atom. The number of nitrogens with one attached hydrogen (secondary N) is 1. The van der Waals surface area contributed by atoms with Crippen molar-refractivity contribution in [1.82, 2.24) is 10.2 Å². The molecule has 0 saturated carbocycles. The van der Waals surface area contributed by atoms with Gasteiger partial charge in [-0.3, -0.25) is 4.79 Å². The zero-order valence-corrected chi connectivity index (χ0v) is 16.5. The molecule has 8 heteroatoms. The van der Waals surface area contributed by atoms with E-state index in [-0.39, 0.29) is 11.8 Å². The normalized spacial score (nSPS) is 14.9. The highest BCUT2D eigenvalue weighted by atomic mass is 35.5. The Bertz CT molecular complexity index is 953. The van der Waals surface area contributed by atoms with Crippen molar-refractivity contribution in [2.75, 3.05) is 23.3 Å². The molecule has 1 N–H and O–H groups in total. The van der Waals surface area contributed by atoms with E-state index in [0.29, 0.717) is 27.2 Å². The molecule has 1 aromatic carbocycles. The molecule has 0 atom stereocenters. The average Bonchev–Trinajstić information content (AvgIpc) is 3.25. The molecule has 1 aliphatic rings. The predicted molar refractivity (Wildman–Crippen MR) is 110 cm³/mol. The number of piperidine rings is 1. The van der Waals surface area contributed by atoms with Crippen LogP contribution in [0.5, 0.6) is 0 Å². The molecule has 0 unspecified atom stereocenters. The number of aromatic nitrogens is 2. The summed E-state index contributed by atoms with van der Waals surface area (Å²) in [5.41, 5.74) is 1.28. The summed E-state index contributed by atoms with van der Waals surface area (Å²) in [4.78, 5) is 14.7. The fraction of sp³-hybridized carbons (Fsp3) is 0.250. The highest BCUT2D eigenvalue weighted by Crippen LogP contribution is 2.28. The number of nitrogens with zero attached hydrogens (tertiary/aromatic N) is 3. The largest absolute Gasteiger partial charge is 0.463 e. The minimum atomic E-state index is -0.0710. The number of rotatable bonds is 4. The molecule has 0 spiro atoms. The molecule has 1 fully saturated rings. The first-order chi connectivity index (χ1) is 13.6. The highest BCUT2D eigenvalue weighted by Gasteiger charge is 2.26. The maximum atomic E-state index is 12.6. The Balaban J connectivity index is 1.34. The van der Waals surface area contributed by atoms with Crippen LogP contribution in [0.15, 0.2) is 53.1 Å². The summed E-state index contributed by atoms with van der Waals surface area (Å²) in [6.45, 7) is 1.47. The molecule has 3 aromatic rings. The molecular weight excluding hydrogens is 399 g/mol. The fourth-order valence-electron chi connectivity index (χ4n) is 3.25.